The number of methoxy groups -OCH3 is 2. The first-order valence-electron chi connectivity index (χ1n) is 5.92. The molecule has 6 heteroatoms. The van der Waals surface area contributed by atoms with Crippen molar-refractivity contribution in [3.05, 3.63) is 40.1 Å². The molecule has 5 nitrogen and oxygen atoms in total. The van der Waals surface area contributed by atoms with Gasteiger partial charge in [0.1, 0.15) is 16.4 Å². The van der Waals surface area contributed by atoms with Crippen LogP contribution in [0.4, 0.5) is 5.69 Å². The Morgan fingerprint density at radius 1 is 1.25 bits per heavy atom. The lowest BCUT2D eigenvalue weighted by atomic mass is 10.2. The summed E-state index contributed by atoms with van der Waals surface area (Å²) in [4.78, 5) is 12.1. The van der Waals surface area contributed by atoms with Gasteiger partial charge in [-0.3, -0.25) is 0 Å². The van der Waals surface area contributed by atoms with Crippen LogP contribution in [0.1, 0.15) is 14.5 Å². The van der Waals surface area contributed by atoms with Gasteiger partial charge in [0.2, 0.25) is 0 Å². The molecule has 2 aromatic rings. The number of carboxylic acid groups (broad SMARTS) is 1. The van der Waals surface area contributed by atoms with E-state index in [4.69, 9.17) is 14.6 Å². The summed E-state index contributed by atoms with van der Waals surface area (Å²) in [6.45, 7) is 0.542. The summed E-state index contributed by atoms with van der Waals surface area (Å²) in [6, 6.07) is 8.90. The van der Waals surface area contributed by atoms with Gasteiger partial charge >= 0.3 is 5.97 Å². The number of aromatic carboxylic acids is 1. The number of benzene rings is 1. The highest BCUT2D eigenvalue weighted by molar-refractivity contribution is 7.13. The monoisotopic (exact) mass is 293 g/mol. The van der Waals surface area contributed by atoms with Gasteiger partial charge in [0.15, 0.2) is 0 Å². The van der Waals surface area contributed by atoms with Crippen LogP contribution in [0, 0.1) is 0 Å². The minimum Gasteiger partial charge on any atom is -0.497 e. The molecule has 0 radical (unpaired) electrons. The van der Waals surface area contributed by atoms with Gasteiger partial charge in [-0.05, 0) is 24.3 Å². The molecule has 2 rings (SSSR count). The van der Waals surface area contributed by atoms with Crippen LogP contribution in [0.15, 0.2) is 30.3 Å². The summed E-state index contributed by atoms with van der Waals surface area (Å²) < 4.78 is 10.4. The average molecular weight is 293 g/mol. The Balaban J connectivity index is 2.07. The van der Waals surface area contributed by atoms with E-state index in [2.05, 4.69) is 5.32 Å². The number of carboxylic acids is 1. The van der Waals surface area contributed by atoms with Crippen LogP contribution in [0.3, 0.4) is 0 Å². The Kier molecular flexibility index (Phi) is 4.47. The first kappa shape index (κ1) is 14.2. The van der Waals surface area contributed by atoms with Crippen molar-refractivity contribution in [2.45, 2.75) is 6.54 Å². The Morgan fingerprint density at radius 2 is 2.05 bits per heavy atom. The summed E-state index contributed by atoms with van der Waals surface area (Å²) in [5.41, 5.74) is 0.832. The second-order valence-corrected chi connectivity index (χ2v) is 5.16. The molecule has 1 aromatic heterocycles. The molecule has 106 valence electrons. The van der Waals surface area contributed by atoms with E-state index in [1.807, 2.05) is 12.1 Å². The molecule has 0 amide bonds. The van der Waals surface area contributed by atoms with Crippen molar-refractivity contribution in [3.8, 4) is 11.5 Å². The van der Waals surface area contributed by atoms with Gasteiger partial charge in [-0.25, -0.2) is 4.79 Å². The standard InChI is InChI=1S/C14H15NO4S/c1-18-9-3-5-11(12(7-9)19-2)15-8-10-4-6-13(20-10)14(16)17/h3-7,15H,8H2,1-2H3,(H,16,17). The number of ether oxygens (including phenoxy) is 2. The van der Waals surface area contributed by atoms with Crippen LogP contribution in [-0.4, -0.2) is 25.3 Å². The summed E-state index contributed by atoms with van der Waals surface area (Å²) in [6.07, 6.45) is 0. The molecule has 0 bridgehead atoms. The zero-order chi connectivity index (χ0) is 14.5. The van der Waals surface area contributed by atoms with E-state index in [1.54, 1.807) is 32.4 Å². The fraction of sp³-hybridized carbons (Fsp3) is 0.214. The van der Waals surface area contributed by atoms with Crippen molar-refractivity contribution in [1.29, 1.82) is 0 Å². The van der Waals surface area contributed by atoms with E-state index in [-0.39, 0.29) is 0 Å². The molecule has 0 aliphatic carbocycles. The summed E-state index contributed by atoms with van der Waals surface area (Å²) in [7, 11) is 3.19. The van der Waals surface area contributed by atoms with Crippen molar-refractivity contribution < 1.29 is 19.4 Å². The third-order valence-electron chi connectivity index (χ3n) is 2.73. The van der Waals surface area contributed by atoms with E-state index >= 15 is 0 Å². The molecule has 0 unspecified atom stereocenters. The summed E-state index contributed by atoms with van der Waals surface area (Å²) >= 11 is 1.25. The number of rotatable bonds is 6. The SMILES string of the molecule is COc1ccc(NCc2ccc(C(=O)O)s2)c(OC)c1. The lowest BCUT2D eigenvalue weighted by Crippen LogP contribution is -2.00. The lowest BCUT2D eigenvalue weighted by Gasteiger charge is -2.11. The van der Waals surface area contributed by atoms with Crippen LogP contribution < -0.4 is 14.8 Å². The van der Waals surface area contributed by atoms with Gasteiger partial charge in [-0.2, -0.15) is 0 Å². The molecular weight excluding hydrogens is 278 g/mol. The fourth-order valence-electron chi connectivity index (χ4n) is 1.71. The van der Waals surface area contributed by atoms with E-state index in [1.165, 1.54) is 11.3 Å². The van der Waals surface area contributed by atoms with E-state index in [0.717, 1.165) is 16.3 Å². The Bertz CT molecular complexity index is 609. The zero-order valence-electron chi connectivity index (χ0n) is 11.2. The van der Waals surface area contributed by atoms with Gasteiger partial charge in [0.25, 0.3) is 0 Å². The van der Waals surface area contributed by atoms with E-state index < -0.39 is 5.97 Å². The maximum atomic E-state index is 10.8. The van der Waals surface area contributed by atoms with Gasteiger partial charge in [0, 0.05) is 17.5 Å². The van der Waals surface area contributed by atoms with Crippen LogP contribution in [0.5, 0.6) is 11.5 Å². The maximum absolute atomic E-state index is 10.8. The van der Waals surface area contributed by atoms with E-state index in [9.17, 15) is 4.79 Å². The number of anilines is 1. The largest absolute Gasteiger partial charge is 0.497 e. The van der Waals surface area contributed by atoms with Crippen LogP contribution in [0.25, 0.3) is 0 Å². The van der Waals surface area contributed by atoms with Crippen LogP contribution in [0.2, 0.25) is 0 Å². The third-order valence-corrected chi connectivity index (χ3v) is 3.81. The molecule has 0 saturated carbocycles. The highest BCUT2D eigenvalue weighted by Crippen LogP contribution is 2.29. The minimum absolute atomic E-state index is 0.337. The van der Waals surface area contributed by atoms with Gasteiger partial charge in [-0.1, -0.05) is 0 Å². The lowest BCUT2D eigenvalue weighted by molar-refractivity contribution is 0.0702. The second kappa shape index (κ2) is 6.29. The minimum atomic E-state index is -0.900. The Morgan fingerprint density at radius 3 is 2.65 bits per heavy atom. The first-order chi connectivity index (χ1) is 9.63. The molecule has 20 heavy (non-hydrogen) atoms. The Hall–Kier alpha value is -2.21. The van der Waals surface area contributed by atoms with Crippen molar-refractivity contribution in [3.63, 3.8) is 0 Å². The highest BCUT2D eigenvalue weighted by atomic mass is 32.1. The average Bonchev–Trinajstić information content (AvgIpc) is 2.94. The molecular formula is C14H15NO4S. The molecule has 0 fully saturated rings. The summed E-state index contributed by atoms with van der Waals surface area (Å²) in [5.74, 6) is 0.499. The summed E-state index contributed by atoms with van der Waals surface area (Å²) in [5, 5.41) is 12.1. The number of thiophene rings is 1. The van der Waals surface area contributed by atoms with Gasteiger partial charge in [-0.15, -0.1) is 11.3 Å². The topological polar surface area (TPSA) is 67.8 Å². The molecule has 2 N–H and O–H groups in total. The van der Waals surface area contributed by atoms with Crippen molar-refractivity contribution in [2.75, 3.05) is 19.5 Å². The van der Waals surface area contributed by atoms with Crippen LogP contribution >= 0.6 is 11.3 Å². The van der Waals surface area contributed by atoms with Gasteiger partial charge in [0.05, 0.1) is 19.9 Å². The smallest absolute Gasteiger partial charge is 0.345 e. The normalized spacial score (nSPS) is 10.1. The fourth-order valence-corrected chi connectivity index (χ4v) is 2.50. The molecule has 1 heterocycles. The first-order valence-corrected chi connectivity index (χ1v) is 6.73. The number of hydrogen-bond acceptors (Lipinski definition) is 5. The van der Waals surface area contributed by atoms with Crippen molar-refractivity contribution in [1.82, 2.24) is 0 Å². The van der Waals surface area contributed by atoms with Crippen molar-refractivity contribution in [2.24, 2.45) is 0 Å². The predicted molar refractivity (Wildman–Crippen MR) is 78.2 cm³/mol. The molecule has 0 aliphatic heterocycles. The number of carbonyl (C=O) groups is 1. The molecule has 0 aliphatic rings. The van der Waals surface area contributed by atoms with Crippen LogP contribution in [-0.2, 0) is 6.54 Å². The Labute approximate surface area is 120 Å². The predicted octanol–water partition coefficient (Wildman–Crippen LogP) is 3.08. The molecule has 0 spiro atoms. The molecule has 0 atom stereocenters. The third kappa shape index (κ3) is 3.21. The second-order valence-electron chi connectivity index (χ2n) is 3.99. The number of hydrogen-bond donors (Lipinski definition) is 2. The highest BCUT2D eigenvalue weighted by Gasteiger charge is 2.08. The van der Waals surface area contributed by atoms with Gasteiger partial charge < -0.3 is 19.9 Å². The molecule has 0 saturated heterocycles. The van der Waals surface area contributed by atoms with E-state index in [0.29, 0.717) is 17.2 Å². The number of nitrogens with one attached hydrogen (secondary N) is 1. The van der Waals surface area contributed by atoms with Crippen molar-refractivity contribution >= 4 is 23.0 Å². The molecule has 1 aromatic carbocycles. The quantitative estimate of drug-likeness (QED) is 0.856. The zero-order valence-corrected chi connectivity index (χ0v) is 12.0. The maximum Gasteiger partial charge on any atom is 0.345 e.